The van der Waals surface area contributed by atoms with Crippen molar-refractivity contribution in [2.75, 3.05) is 0 Å². The highest BCUT2D eigenvalue weighted by molar-refractivity contribution is 5.80. The molecule has 0 spiro atoms. The maximum absolute atomic E-state index is 13.1. The lowest BCUT2D eigenvalue weighted by Gasteiger charge is -2.31. The maximum Gasteiger partial charge on any atom is 0.305 e. The number of hydrogen-bond acceptors (Lipinski definition) is 2. The molecule has 116 valence electrons. The summed E-state index contributed by atoms with van der Waals surface area (Å²) in [5.74, 6) is -3.39. The van der Waals surface area contributed by atoms with E-state index in [2.05, 4.69) is 5.32 Å². The second kappa shape index (κ2) is 7.15. The summed E-state index contributed by atoms with van der Waals surface area (Å²) in [6.07, 6.45) is 0.640. The van der Waals surface area contributed by atoms with Gasteiger partial charge in [-0.15, -0.1) is 0 Å². The molecular formula is C15H19F2NO3. The van der Waals surface area contributed by atoms with Crippen molar-refractivity contribution >= 4 is 11.9 Å². The predicted molar refractivity (Wildman–Crippen MR) is 73.8 cm³/mol. The van der Waals surface area contributed by atoms with Gasteiger partial charge >= 0.3 is 5.97 Å². The Morgan fingerprint density at radius 3 is 2.29 bits per heavy atom. The molecule has 1 rings (SSSR count). The van der Waals surface area contributed by atoms with Crippen LogP contribution in [0.4, 0.5) is 8.78 Å². The Morgan fingerprint density at radius 1 is 1.19 bits per heavy atom. The lowest BCUT2D eigenvalue weighted by atomic mass is 9.88. The number of hydrogen-bond donors (Lipinski definition) is 2. The molecule has 1 amide bonds. The van der Waals surface area contributed by atoms with Crippen LogP contribution in [0.15, 0.2) is 18.2 Å². The Kier molecular flexibility index (Phi) is 5.81. The van der Waals surface area contributed by atoms with Crippen molar-refractivity contribution in [1.82, 2.24) is 5.32 Å². The zero-order valence-electron chi connectivity index (χ0n) is 12.1. The Hall–Kier alpha value is -1.98. The molecule has 0 unspecified atom stereocenters. The van der Waals surface area contributed by atoms with Gasteiger partial charge in [-0.1, -0.05) is 19.9 Å². The van der Waals surface area contributed by atoms with Crippen molar-refractivity contribution in [2.45, 2.75) is 45.1 Å². The van der Waals surface area contributed by atoms with Crippen molar-refractivity contribution in [3.05, 3.63) is 35.4 Å². The molecule has 0 heterocycles. The Morgan fingerprint density at radius 2 is 1.81 bits per heavy atom. The second-order valence-corrected chi connectivity index (χ2v) is 5.03. The van der Waals surface area contributed by atoms with E-state index >= 15 is 0 Å². The van der Waals surface area contributed by atoms with Gasteiger partial charge in [0.25, 0.3) is 0 Å². The molecule has 0 atom stereocenters. The third kappa shape index (κ3) is 4.81. The van der Waals surface area contributed by atoms with Crippen LogP contribution in [0.5, 0.6) is 0 Å². The smallest absolute Gasteiger partial charge is 0.305 e. The minimum atomic E-state index is -1.01. The molecule has 0 aliphatic carbocycles. The zero-order valence-corrected chi connectivity index (χ0v) is 12.1. The van der Waals surface area contributed by atoms with Crippen LogP contribution in [0.25, 0.3) is 0 Å². The van der Waals surface area contributed by atoms with Crippen LogP contribution in [0, 0.1) is 11.6 Å². The fourth-order valence-electron chi connectivity index (χ4n) is 2.19. The lowest BCUT2D eigenvalue weighted by Crippen LogP contribution is -2.49. The summed E-state index contributed by atoms with van der Waals surface area (Å²) in [6, 6.07) is 3.25. The van der Waals surface area contributed by atoms with E-state index in [1.165, 1.54) is 6.07 Å². The van der Waals surface area contributed by atoms with E-state index in [0.717, 1.165) is 12.1 Å². The van der Waals surface area contributed by atoms with Crippen molar-refractivity contribution in [1.29, 1.82) is 0 Å². The molecule has 21 heavy (non-hydrogen) atoms. The molecule has 0 radical (unpaired) electrons. The summed E-state index contributed by atoms with van der Waals surface area (Å²) in [5.41, 5.74) is -0.482. The van der Waals surface area contributed by atoms with Crippen molar-refractivity contribution in [3.63, 3.8) is 0 Å². The molecule has 0 aromatic heterocycles. The number of carboxylic acid groups (broad SMARTS) is 1. The Balaban J connectivity index is 2.78. The van der Waals surface area contributed by atoms with Gasteiger partial charge in [0.1, 0.15) is 0 Å². The first kappa shape index (κ1) is 17.1. The van der Waals surface area contributed by atoms with Crippen LogP contribution < -0.4 is 5.32 Å². The van der Waals surface area contributed by atoms with Gasteiger partial charge in [-0.05, 0) is 30.5 Å². The van der Waals surface area contributed by atoms with Gasteiger partial charge in [0, 0.05) is 5.54 Å². The van der Waals surface area contributed by atoms with Crippen LogP contribution in [0.3, 0.4) is 0 Å². The van der Waals surface area contributed by atoms with E-state index in [-0.39, 0.29) is 12.8 Å². The topological polar surface area (TPSA) is 66.4 Å². The molecule has 0 fully saturated rings. The van der Waals surface area contributed by atoms with Crippen molar-refractivity contribution < 1.29 is 23.5 Å². The summed E-state index contributed by atoms with van der Waals surface area (Å²) < 4.78 is 25.9. The molecule has 1 aromatic carbocycles. The fourth-order valence-corrected chi connectivity index (χ4v) is 2.19. The third-order valence-corrected chi connectivity index (χ3v) is 3.60. The SMILES string of the molecule is CCC(CC)(CC(=O)O)NC(=O)Cc1ccc(F)c(F)c1. The van der Waals surface area contributed by atoms with Gasteiger partial charge in [0.2, 0.25) is 5.91 Å². The van der Waals surface area contributed by atoms with Crippen LogP contribution >= 0.6 is 0 Å². The van der Waals surface area contributed by atoms with Crippen LogP contribution in [-0.4, -0.2) is 22.5 Å². The largest absolute Gasteiger partial charge is 0.481 e. The molecule has 0 aliphatic heterocycles. The number of carbonyl (C=O) groups excluding carboxylic acids is 1. The number of nitrogens with one attached hydrogen (secondary N) is 1. The summed E-state index contributed by atoms with van der Waals surface area (Å²) in [5, 5.41) is 11.6. The first-order valence-electron chi connectivity index (χ1n) is 6.78. The predicted octanol–water partition coefficient (Wildman–Crippen LogP) is 2.66. The Labute approximate surface area is 122 Å². The van der Waals surface area contributed by atoms with E-state index in [4.69, 9.17) is 5.11 Å². The van der Waals surface area contributed by atoms with Gasteiger partial charge < -0.3 is 10.4 Å². The minimum Gasteiger partial charge on any atom is -0.481 e. The normalized spacial score (nSPS) is 11.2. The van der Waals surface area contributed by atoms with Gasteiger partial charge in [-0.3, -0.25) is 9.59 Å². The Bertz CT molecular complexity index is 528. The minimum absolute atomic E-state index is 0.126. The van der Waals surface area contributed by atoms with Gasteiger partial charge in [-0.25, -0.2) is 8.78 Å². The van der Waals surface area contributed by atoms with E-state index in [0.29, 0.717) is 18.4 Å². The van der Waals surface area contributed by atoms with Crippen LogP contribution in [0.1, 0.15) is 38.7 Å². The number of rotatable bonds is 7. The van der Waals surface area contributed by atoms with Crippen LogP contribution in [0.2, 0.25) is 0 Å². The highest BCUT2D eigenvalue weighted by atomic mass is 19.2. The quantitative estimate of drug-likeness (QED) is 0.813. The molecule has 1 aromatic rings. The zero-order chi connectivity index (χ0) is 16.0. The standard InChI is InChI=1S/C15H19F2NO3/c1-3-15(4-2,9-14(20)21)18-13(19)8-10-5-6-11(16)12(17)7-10/h5-7H,3-4,8-9H2,1-2H3,(H,18,19)(H,20,21). The van der Waals surface area contributed by atoms with E-state index < -0.39 is 29.0 Å². The molecule has 2 N–H and O–H groups in total. The monoisotopic (exact) mass is 299 g/mol. The number of carbonyl (C=O) groups is 2. The van der Waals surface area contributed by atoms with Crippen molar-refractivity contribution in [2.24, 2.45) is 0 Å². The second-order valence-electron chi connectivity index (χ2n) is 5.03. The third-order valence-electron chi connectivity index (χ3n) is 3.60. The van der Waals surface area contributed by atoms with Gasteiger partial charge in [-0.2, -0.15) is 0 Å². The van der Waals surface area contributed by atoms with Gasteiger partial charge in [0.15, 0.2) is 11.6 Å². The fraction of sp³-hybridized carbons (Fsp3) is 0.467. The summed E-state index contributed by atoms with van der Waals surface area (Å²) in [6.45, 7) is 3.59. The molecule has 0 bridgehead atoms. The molecule has 0 saturated carbocycles. The van der Waals surface area contributed by atoms with Crippen molar-refractivity contribution in [3.8, 4) is 0 Å². The molecular weight excluding hydrogens is 280 g/mol. The maximum atomic E-state index is 13.1. The molecule has 0 aliphatic rings. The van der Waals surface area contributed by atoms with Crippen LogP contribution in [-0.2, 0) is 16.0 Å². The first-order valence-corrected chi connectivity index (χ1v) is 6.78. The average molecular weight is 299 g/mol. The average Bonchev–Trinajstić information content (AvgIpc) is 2.41. The summed E-state index contributed by atoms with van der Waals surface area (Å²) in [4.78, 5) is 22.9. The molecule has 4 nitrogen and oxygen atoms in total. The number of aliphatic carboxylic acids is 1. The van der Waals surface area contributed by atoms with Gasteiger partial charge in [0.05, 0.1) is 12.8 Å². The number of benzene rings is 1. The number of amides is 1. The summed E-state index contributed by atoms with van der Waals surface area (Å²) >= 11 is 0. The summed E-state index contributed by atoms with van der Waals surface area (Å²) in [7, 11) is 0. The first-order chi connectivity index (χ1) is 9.81. The highest BCUT2D eigenvalue weighted by Gasteiger charge is 2.30. The highest BCUT2D eigenvalue weighted by Crippen LogP contribution is 2.20. The lowest BCUT2D eigenvalue weighted by molar-refractivity contribution is -0.139. The van der Waals surface area contributed by atoms with E-state index in [9.17, 15) is 18.4 Å². The number of carboxylic acids is 1. The number of halogens is 2. The van der Waals surface area contributed by atoms with E-state index in [1.54, 1.807) is 13.8 Å². The molecule has 6 heteroatoms. The molecule has 0 saturated heterocycles. The van der Waals surface area contributed by atoms with E-state index in [1.807, 2.05) is 0 Å².